The van der Waals surface area contributed by atoms with Gasteiger partial charge in [-0.1, -0.05) is 12.1 Å². The Morgan fingerprint density at radius 1 is 1.53 bits per heavy atom. The van der Waals surface area contributed by atoms with Crippen molar-refractivity contribution in [3.05, 3.63) is 18.0 Å². The van der Waals surface area contributed by atoms with Crippen LogP contribution in [0.15, 0.2) is 16.7 Å². The van der Waals surface area contributed by atoms with Crippen LogP contribution >= 0.6 is 11.3 Å². The van der Waals surface area contributed by atoms with Gasteiger partial charge in [-0.15, -0.1) is 11.3 Å². The average molecular weight is 221 g/mol. The van der Waals surface area contributed by atoms with Gasteiger partial charge in [0, 0.05) is 5.92 Å². The van der Waals surface area contributed by atoms with Crippen molar-refractivity contribution in [2.45, 2.75) is 19.3 Å². The van der Waals surface area contributed by atoms with E-state index in [1.54, 1.807) is 0 Å². The molecule has 1 fully saturated rings. The van der Waals surface area contributed by atoms with Gasteiger partial charge in [0.2, 0.25) is 0 Å². The van der Waals surface area contributed by atoms with Crippen LogP contribution < -0.4 is 5.73 Å². The molecule has 5 heteroatoms. The number of aromatic nitrogens is 2. The molecule has 0 amide bonds. The second kappa shape index (κ2) is 3.06. The number of nitrogens with two attached hydrogens (primary N) is 1. The quantitative estimate of drug-likeness (QED) is 0.846. The van der Waals surface area contributed by atoms with Crippen molar-refractivity contribution in [3.63, 3.8) is 0 Å². The Labute approximate surface area is 91.1 Å². The molecule has 1 aliphatic carbocycles. The highest BCUT2D eigenvalue weighted by Gasteiger charge is 2.38. The van der Waals surface area contributed by atoms with E-state index in [-0.39, 0.29) is 0 Å². The minimum Gasteiger partial charge on any atom is -0.391 e. The predicted octanol–water partition coefficient (Wildman–Crippen LogP) is 2.50. The molecule has 0 radical (unpaired) electrons. The highest BCUT2D eigenvalue weighted by Crippen LogP contribution is 2.46. The standard InChI is InChI=1S/C10H11N3OS/c1-5-4-6(5)9-12-10(14-13-9)7-2-3-8(11)15-7/h2-3,5-6H,4,11H2,1H3. The molecule has 0 spiro atoms. The Bertz CT molecular complexity index is 490. The summed E-state index contributed by atoms with van der Waals surface area (Å²) in [5.41, 5.74) is 5.65. The monoisotopic (exact) mass is 221 g/mol. The third-order valence-electron chi connectivity index (χ3n) is 2.72. The second-order valence-corrected chi connectivity index (χ2v) is 5.09. The molecule has 2 heterocycles. The van der Waals surface area contributed by atoms with Crippen LogP contribution in [0.3, 0.4) is 0 Å². The van der Waals surface area contributed by atoms with Crippen LogP contribution in [-0.4, -0.2) is 10.1 Å². The van der Waals surface area contributed by atoms with Crippen LogP contribution in [0.5, 0.6) is 0 Å². The van der Waals surface area contributed by atoms with Gasteiger partial charge in [-0.25, -0.2) is 0 Å². The lowest BCUT2D eigenvalue weighted by molar-refractivity contribution is 0.423. The van der Waals surface area contributed by atoms with Crippen LogP contribution in [0, 0.1) is 5.92 Å². The Hall–Kier alpha value is -1.36. The summed E-state index contributed by atoms with van der Waals surface area (Å²) in [6.07, 6.45) is 1.17. The molecule has 4 nitrogen and oxygen atoms in total. The maximum Gasteiger partial charge on any atom is 0.268 e. The van der Waals surface area contributed by atoms with E-state index in [0.29, 0.717) is 17.7 Å². The van der Waals surface area contributed by atoms with Gasteiger partial charge in [0.15, 0.2) is 5.82 Å². The van der Waals surface area contributed by atoms with Crippen LogP contribution in [0.4, 0.5) is 5.00 Å². The molecule has 15 heavy (non-hydrogen) atoms. The van der Waals surface area contributed by atoms with E-state index < -0.39 is 0 Å². The van der Waals surface area contributed by atoms with Gasteiger partial charge in [-0.3, -0.25) is 0 Å². The molecule has 78 valence electrons. The summed E-state index contributed by atoms with van der Waals surface area (Å²) in [4.78, 5) is 5.33. The highest BCUT2D eigenvalue weighted by atomic mass is 32.1. The molecule has 3 rings (SSSR count). The smallest absolute Gasteiger partial charge is 0.268 e. The van der Waals surface area contributed by atoms with E-state index in [1.807, 2.05) is 12.1 Å². The van der Waals surface area contributed by atoms with E-state index >= 15 is 0 Å². The van der Waals surface area contributed by atoms with E-state index in [9.17, 15) is 0 Å². The maximum atomic E-state index is 5.65. The first-order valence-corrected chi connectivity index (χ1v) is 5.75. The van der Waals surface area contributed by atoms with Gasteiger partial charge in [0.05, 0.1) is 9.88 Å². The molecule has 2 atom stereocenters. The number of thiophene rings is 1. The summed E-state index contributed by atoms with van der Waals surface area (Å²) >= 11 is 1.47. The molecule has 1 aliphatic rings. The minimum atomic E-state index is 0.500. The SMILES string of the molecule is CC1CC1c1noc(-c2ccc(N)s2)n1. The summed E-state index contributed by atoms with van der Waals surface area (Å²) in [6.45, 7) is 2.20. The lowest BCUT2D eigenvalue weighted by Crippen LogP contribution is -1.83. The molecule has 0 bridgehead atoms. The van der Waals surface area contributed by atoms with Crippen LogP contribution in [0.1, 0.15) is 25.1 Å². The van der Waals surface area contributed by atoms with E-state index in [4.69, 9.17) is 10.3 Å². The van der Waals surface area contributed by atoms with Crippen molar-refractivity contribution >= 4 is 16.3 Å². The Morgan fingerprint density at radius 3 is 2.93 bits per heavy atom. The maximum absolute atomic E-state index is 5.65. The largest absolute Gasteiger partial charge is 0.391 e. The Morgan fingerprint density at radius 2 is 2.33 bits per heavy atom. The fraction of sp³-hybridized carbons (Fsp3) is 0.400. The fourth-order valence-electron chi connectivity index (χ4n) is 1.64. The zero-order valence-corrected chi connectivity index (χ0v) is 9.12. The van der Waals surface area contributed by atoms with Gasteiger partial charge >= 0.3 is 0 Å². The summed E-state index contributed by atoms with van der Waals surface area (Å²) in [5, 5.41) is 4.76. The number of hydrogen-bond donors (Lipinski definition) is 1. The zero-order valence-electron chi connectivity index (χ0n) is 8.30. The van der Waals surface area contributed by atoms with Gasteiger partial charge in [-0.2, -0.15) is 4.98 Å². The van der Waals surface area contributed by atoms with Crippen LogP contribution in [0.2, 0.25) is 0 Å². The zero-order chi connectivity index (χ0) is 10.4. The van der Waals surface area contributed by atoms with Gasteiger partial charge in [0.25, 0.3) is 5.89 Å². The van der Waals surface area contributed by atoms with Crippen molar-refractivity contribution in [3.8, 4) is 10.8 Å². The summed E-state index contributed by atoms with van der Waals surface area (Å²) in [6, 6.07) is 3.76. The number of anilines is 1. The average Bonchev–Trinajstić information content (AvgIpc) is 2.71. The molecule has 0 aliphatic heterocycles. The summed E-state index contributed by atoms with van der Waals surface area (Å²) < 4.78 is 5.21. The lowest BCUT2D eigenvalue weighted by atomic mass is 10.3. The molecule has 2 N–H and O–H groups in total. The van der Waals surface area contributed by atoms with E-state index in [1.165, 1.54) is 17.8 Å². The van der Waals surface area contributed by atoms with Crippen LogP contribution in [0.25, 0.3) is 10.8 Å². The summed E-state index contributed by atoms with van der Waals surface area (Å²) in [7, 11) is 0. The lowest BCUT2D eigenvalue weighted by Gasteiger charge is -1.84. The number of nitrogens with zero attached hydrogens (tertiary/aromatic N) is 2. The van der Waals surface area contributed by atoms with Crippen molar-refractivity contribution in [1.82, 2.24) is 10.1 Å². The molecule has 2 aromatic heterocycles. The Kier molecular flexibility index (Phi) is 1.82. The van der Waals surface area contributed by atoms with Crippen molar-refractivity contribution < 1.29 is 4.52 Å². The minimum absolute atomic E-state index is 0.500. The number of rotatable bonds is 2. The molecule has 0 aromatic carbocycles. The van der Waals surface area contributed by atoms with E-state index in [0.717, 1.165) is 15.7 Å². The summed E-state index contributed by atoms with van der Waals surface area (Å²) in [5.74, 6) is 2.62. The Balaban J connectivity index is 1.90. The fourth-order valence-corrected chi connectivity index (χ4v) is 2.33. The number of nitrogen functional groups attached to an aromatic ring is 1. The van der Waals surface area contributed by atoms with Crippen molar-refractivity contribution in [2.75, 3.05) is 5.73 Å². The van der Waals surface area contributed by atoms with E-state index in [2.05, 4.69) is 17.1 Å². The molecule has 0 saturated heterocycles. The first-order chi connectivity index (χ1) is 7.24. The van der Waals surface area contributed by atoms with Gasteiger partial charge in [0.1, 0.15) is 0 Å². The first kappa shape index (κ1) is 8.91. The van der Waals surface area contributed by atoms with Crippen molar-refractivity contribution in [1.29, 1.82) is 0 Å². The highest BCUT2D eigenvalue weighted by molar-refractivity contribution is 7.19. The topological polar surface area (TPSA) is 64.9 Å². The van der Waals surface area contributed by atoms with Gasteiger partial charge in [-0.05, 0) is 24.5 Å². The first-order valence-electron chi connectivity index (χ1n) is 4.93. The van der Waals surface area contributed by atoms with Gasteiger partial charge < -0.3 is 10.3 Å². The molecule has 1 saturated carbocycles. The normalized spacial score (nSPS) is 24.3. The third-order valence-corrected chi connectivity index (χ3v) is 3.62. The molecular formula is C10H11N3OS. The predicted molar refractivity (Wildman–Crippen MR) is 58.5 cm³/mol. The third kappa shape index (κ3) is 1.52. The molecule has 2 aromatic rings. The van der Waals surface area contributed by atoms with Crippen molar-refractivity contribution in [2.24, 2.45) is 5.92 Å². The second-order valence-electron chi connectivity index (χ2n) is 3.98. The van der Waals surface area contributed by atoms with Crippen LogP contribution in [-0.2, 0) is 0 Å². The molecule has 2 unspecified atom stereocenters. The molecular weight excluding hydrogens is 210 g/mol. The number of hydrogen-bond acceptors (Lipinski definition) is 5.